The standard InChI is InChI=1S/C13H12N4OS/c14-5-1-3-10-4-2-6-16-12(10)13(18)17-9-11-15-7-8-19-11/h2,4,6-8H,5,9,14H2,(H,17,18). The molecular formula is C13H12N4OS. The van der Waals surface area contributed by atoms with E-state index in [0.717, 1.165) is 5.01 Å². The molecule has 2 heterocycles. The van der Waals surface area contributed by atoms with Crippen molar-refractivity contribution in [2.24, 2.45) is 5.73 Å². The molecule has 5 nitrogen and oxygen atoms in total. The highest BCUT2D eigenvalue weighted by atomic mass is 32.1. The van der Waals surface area contributed by atoms with Gasteiger partial charge in [-0.1, -0.05) is 11.8 Å². The van der Waals surface area contributed by atoms with Crippen LogP contribution < -0.4 is 11.1 Å². The molecule has 0 saturated carbocycles. The Bertz CT molecular complexity index is 613. The van der Waals surface area contributed by atoms with E-state index in [1.807, 2.05) is 5.38 Å². The van der Waals surface area contributed by atoms with Crippen molar-refractivity contribution in [3.63, 3.8) is 0 Å². The predicted molar refractivity (Wildman–Crippen MR) is 73.5 cm³/mol. The van der Waals surface area contributed by atoms with Crippen molar-refractivity contribution in [3.05, 3.63) is 46.2 Å². The van der Waals surface area contributed by atoms with Crippen LogP contribution in [-0.2, 0) is 6.54 Å². The van der Waals surface area contributed by atoms with E-state index >= 15 is 0 Å². The monoisotopic (exact) mass is 272 g/mol. The number of rotatable bonds is 3. The van der Waals surface area contributed by atoms with E-state index in [1.165, 1.54) is 11.3 Å². The molecule has 96 valence electrons. The Labute approximate surface area is 114 Å². The van der Waals surface area contributed by atoms with Gasteiger partial charge in [-0.15, -0.1) is 11.3 Å². The summed E-state index contributed by atoms with van der Waals surface area (Å²) in [6.45, 7) is 0.631. The van der Waals surface area contributed by atoms with Gasteiger partial charge in [0.25, 0.3) is 5.91 Å². The predicted octanol–water partition coefficient (Wildman–Crippen LogP) is 0.778. The molecule has 2 aromatic rings. The van der Waals surface area contributed by atoms with Crippen molar-refractivity contribution < 1.29 is 4.79 Å². The molecule has 0 unspecified atom stereocenters. The van der Waals surface area contributed by atoms with E-state index in [-0.39, 0.29) is 12.5 Å². The van der Waals surface area contributed by atoms with Crippen LogP contribution >= 0.6 is 11.3 Å². The zero-order valence-electron chi connectivity index (χ0n) is 10.1. The van der Waals surface area contributed by atoms with Gasteiger partial charge >= 0.3 is 0 Å². The Morgan fingerprint density at radius 1 is 1.42 bits per heavy atom. The number of amides is 1. The average Bonchev–Trinajstić information content (AvgIpc) is 2.96. The number of aromatic nitrogens is 2. The van der Waals surface area contributed by atoms with Gasteiger partial charge < -0.3 is 11.1 Å². The van der Waals surface area contributed by atoms with Crippen LogP contribution in [0.5, 0.6) is 0 Å². The van der Waals surface area contributed by atoms with E-state index in [0.29, 0.717) is 17.8 Å². The first-order valence-electron chi connectivity index (χ1n) is 5.62. The number of hydrogen-bond donors (Lipinski definition) is 2. The summed E-state index contributed by atoms with van der Waals surface area (Å²) in [4.78, 5) is 20.2. The quantitative estimate of drug-likeness (QED) is 0.809. The molecule has 1 amide bonds. The minimum atomic E-state index is -0.267. The molecule has 0 atom stereocenters. The van der Waals surface area contributed by atoms with Crippen LogP contribution in [0.3, 0.4) is 0 Å². The number of carbonyl (C=O) groups excluding carboxylic acids is 1. The average molecular weight is 272 g/mol. The van der Waals surface area contributed by atoms with Crippen molar-refractivity contribution in [3.8, 4) is 11.8 Å². The lowest BCUT2D eigenvalue weighted by Crippen LogP contribution is -2.24. The lowest BCUT2D eigenvalue weighted by atomic mass is 10.2. The molecular weight excluding hydrogens is 260 g/mol. The maximum Gasteiger partial charge on any atom is 0.271 e. The Hall–Kier alpha value is -2.23. The van der Waals surface area contributed by atoms with Crippen molar-refractivity contribution in [1.29, 1.82) is 0 Å². The summed E-state index contributed by atoms with van der Waals surface area (Å²) in [6, 6.07) is 3.48. The number of thiazole rings is 1. The molecule has 3 N–H and O–H groups in total. The number of pyridine rings is 1. The van der Waals surface area contributed by atoms with Gasteiger partial charge in [-0.05, 0) is 12.1 Å². The minimum Gasteiger partial charge on any atom is -0.344 e. The zero-order chi connectivity index (χ0) is 13.5. The second kappa shape index (κ2) is 6.64. The Balaban J connectivity index is 2.10. The van der Waals surface area contributed by atoms with E-state index in [4.69, 9.17) is 5.73 Å². The van der Waals surface area contributed by atoms with Crippen LogP contribution in [0.1, 0.15) is 21.1 Å². The fourth-order valence-corrected chi connectivity index (χ4v) is 1.97. The molecule has 2 aromatic heterocycles. The van der Waals surface area contributed by atoms with Crippen molar-refractivity contribution in [2.45, 2.75) is 6.54 Å². The molecule has 0 saturated heterocycles. The Morgan fingerprint density at radius 2 is 2.32 bits per heavy atom. The first-order valence-corrected chi connectivity index (χ1v) is 6.49. The van der Waals surface area contributed by atoms with Gasteiger partial charge in [-0.25, -0.2) is 9.97 Å². The second-order valence-corrected chi connectivity index (χ2v) is 4.49. The number of hydrogen-bond acceptors (Lipinski definition) is 5. The van der Waals surface area contributed by atoms with Crippen LogP contribution in [0.4, 0.5) is 0 Å². The van der Waals surface area contributed by atoms with E-state index < -0.39 is 0 Å². The molecule has 0 aliphatic rings. The molecule has 6 heteroatoms. The van der Waals surface area contributed by atoms with Gasteiger partial charge in [0, 0.05) is 17.8 Å². The summed E-state index contributed by atoms with van der Waals surface area (Å²) in [5.74, 6) is 5.29. The summed E-state index contributed by atoms with van der Waals surface area (Å²) in [6.07, 6.45) is 3.26. The second-order valence-electron chi connectivity index (χ2n) is 3.51. The van der Waals surface area contributed by atoms with Crippen molar-refractivity contribution >= 4 is 17.2 Å². The zero-order valence-corrected chi connectivity index (χ0v) is 10.9. The molecule has 0 radical (unpaired) electrons. The SMILES string of the molecule is NCC#Cc1cccnc1C(=O)NCc1nccs1. The van der Waals surface area contributed by atoms with Gasteiger partial charge in [-0.3, -0.25) is 4.79 Å². The van der Waals surface area contributed by atoms with E-state index in [1.54, 1.807) is 24.5 Å². The summed E-state index contributed by atoms with van der Waals surface area (Å²) >= 11 is 1.49. The fraction of sp³-hybridized carbons (Fsp3) is 0.154. The largest absolute Gasteiger partial charge is 0.344 e. The highest BCUT2D eigenvalue weighted by Gasteiger charge is 2.11. The molecule has 0 aliphatic heterocycles. The van der Waals surface area contributed by atoms with Crippen LogP contribution in [0, 0.1) is 11.8 Å². The highest BCUT2D eigenvalue weighted by molar-refractivity contribution is 7.09. The van der Waals surface area contributed by atoms with Crippen LogP contribution in [-0.4, -0.2) is 22.4 Å². The summed E-state index contributed by atoms with van der Waals surface area (Å²) in [7, 11) is 0. The smallest absolute Gasteiger partial charge is 0.271 e. The third kappa shape index (κ3) is 3.61. The summed E-state index contributed by atoms with van der Waals surface area (Å²) < 4.78 is 0. The third-order valence-corrected chi connectivity index (χ3v) is 3.01. The topological polar surface area (TPSA) is 80.9 Å². The van der Waals surface area contributed by atoms with Crippen molar-refractivity contribution in [2.75, 3.05) is 6.54 Å². The van der Waals surface area contributed by atoms with Crippen LogP contribution in [0.25, 0.3) is 0 Å². The number of carbonyl (C=O) groups is 1. The molecule has 0 fully saturated rings. The van der Waals surface area contributed by atoms with Gasteiger partial charge in [-0.2, -0.15) is 0 Å². The molecule has 0 aliphatic carbocycles. The number of nitrogens with two attached hydrogens (primary N) is 1. The van der Waals surface area contributed by atoms with Gasteiger partial charge in [0.2, 0.25) is 0 Å². The third-order valence-electron chi connectivity index (χ3n) is 2.23. The van der Waals surface area contributed by atoms with Crippen LogP contribution in [0.2, 0.25) is 0 Å². The molecule has 19 heavy (non-hydrogen) atoms. The molecule has 0 aromatic carbocycles. The van der Waals surface area contributed by atoms with E-state index in [9.17, 15) is 4.79 Å². The summed E-state index contributed by atoms with van der Waals surface area (Å²) in [5.41, 5.74) is 6.20. The number of nitrogens with zero attached hydrogens (tertiary/aromatic N) is 2. The molecule has 0 bridgehead atoms. The normalized spacial score (nSPS) is 9.53. The molecule has 0 spiro atoms. The Kier molecular flexibility index (Phi) is 4.61. The van der Waals surface area contributed by atoms with Gasteiger partial charge in [0.05, 0.1) is 18.7 Å². The fourth-order valence-electron chi connectivity index (χ4n) is 1.41. The highest BCUT2D eigenvalue weighted by Crippen LogP contribution is 2.06. The maximum absolute atomic E-state index is 12.0. The van der Waals surface area contributed by atoms with Crippen LogP contribution in [0.15, 0.2) is 29.9 Å². The molecule has 2 rings (SSSR count). The maximum atomic E-state index is 12.0. The van der Waals surface area contributed by atoms with E-state index in [2.05, 4.69) is 27.1 Å². The first kappa shape index (κ1) is 13.2. The summed E-state index contributed by atoms with van der Waals surface area (Å²) in [5, 5.41) is 5.47. The first-order chi connectivity index (χ1) is 9.31. The lowest BCUT2D eigenvalue weighted by Gasteiger charge is -2.04. The van der Waals surface area contributed by atoms with Gasteiger partial charge in [0.1, 0.15) is 10.7 Å². The number of nitrogens with one attached hydrogen (secondary N) is 1. The lowest BCUT2D eigenvalue weighted by molar-refractivity contribution is 0.0945. The Morgan fingerprint density at radius 3 is 3.05 bits per heavy atom. The minimum absolute atomic E-state index is 0.245. The van der Waals surface area contributed by atoms with Gasteiger partial charge in [0.15, 0.2) is 0 Å². The van der Waals surface area contributed by atoms with Crippen molar-refractivity contribution in [1.82, 2.24) is 15.3 Å².